The third-order valence-corrected chi connectivity index (χ3v) is 2.37. The number of aromatic amines is 1. The van der Waals surface area contributed by atoms with Crippen molar-refractivity contribution in [2.45, 2.75) is 26.7 Å². The van der Waals surface area contributed by atoms with Crippen LogP contribution < -0.4 is 5.32 Å². The van der Waals surface area contributed by atoms with Crippen LogP contribution in [0, 0.1) is 0 Å². The fraction of sp³-hybridized carbons (Fsp3) is 0.500. The highest BCUT2D eigenvalue weighted by molar-refractivity contribution is 5.74. The zero-order valence-corrected chi connectivity index (χ0v) is 9.26. The fourth-order valence-corrected chi connectivity index (χ4v) is 1.54. The van der Waals surface area contributed by atoms with Crippen molar-refractivity contribution in [2.24, 2.45) is 0 Å². The van der Waals surface area contributed by atoms with E-state index in [-0.39, 0.29) is 0 Å². The Morgan fingerprint density at radius 1 is 1.13 bits per heavy atom. The maximum absolute atomic E-state index is 4.40. The lowest BCUT2D eigenvalue weighted by molar-refractivity contribution is 0.994. The molecule has 0 aliphatic carbocycles. The average molecular weight is 205 g/mol. The van der Waals surface area contributed by atoms with Crippen LogP contribution in [0.4, 0.5) is 5.95 Å². The van der Waals surface area contributed by atoms with Gasteiger partial charge >= 0.3 is 0 Å². The molecule has 0 atom stereocenters. The summed E-state index contributed by atoms with van der Waals surface area (Å²) >= 11 is 0. The summed E-state index contributed by atoms with van der Waals surface area (Å²) in [5, 5.41) is 2.94. The first-order chi connectivity index (χ1) is 7.28. The molecule has 0 aromatic carbocycles. The molecule has 2 heterocycles. The predicted octanol–water partition coefficient (Wildman–Crippen LogP) is 1.52. The molecule has 15 heavy (non-hydrogen) atoms. The molecule has 2 rings (SSSR count). The molecule has 0 bridgehead atoms. The van der Waals surface area contributed by atoms with Gasteiger partial charge in [0, 0.05) is 13.5 Å². The summed E-state index contributed by atoms with van der Waals surface area (Å²) in [6.45, 7) is 4.14. The Balaban J connectivity index is 2.66. The third-order valence-electron chi connectivity index (χ3n) is 2.37. The predicted molar refractivity (Wildman–Crippen MR) is 60.0 cm³/mol. The average Bonchev–Trinajstić information content (AvgIpc) is 2.70. The molecule has 2 N–H and O–H groups in total. The van der Waals surface area contributed by atoms with Crippen LogP contribution in [0.2, 0.25) is 0 Å². The highest BCUT2D eigenvalue weighted by Crippen LogP contribution is 2.16. The Hall–Kier alpha value is -1.65. The van der Waals surface area contributed by atoms with E-state index in [1.54, 1.807) is 0 Å². The Bertz CT molecular complexity index is 474. The second-order valence-corrected chi connectivity index (χ2v) is 3.33. The molecule has 0 saturated carbocycles. The Morgan fingerprint density at radius 3 is 2.53 bits per heavy atom. The molecule has 0 fully saturated rings. The van der Waals surface area contributed by atoms with Crippen molar-refractivity contribution in [1.82, 2.24) is 19.9 Å². The second kappa shape index (κ2) is 3.84. The summed E-state index contributed by atoms with van der Waals surface area (Å²) in [6.07, 6.45) is 1.76. The lowest BCUT2D eigenvalue weighted by Crippen LogP contribution is -2.00. The highest BCUT2D eigenvalue weighted by atomic mass is 15.1. The van der Waals surface area contributed by atoms with Crippen molar-refractivity contribution in [3.63, 3.8) is 0 Å². The van der Waals surface area contributed by atoms with Gasteiger partial charge in [0.15, 0.2) is 5.65 Å². The second-order valence-electron chi connectivity index (χ2n) is 3.33. The van der Waals surface area contributed by atoms with Crippen LogP contribution >= 0.6 is 0 Å². The molecule has 0 spiro atoms. The topological polar surface area (TPSA) is 66.5 Å². The first-order valence-electron chi connectivity index (χ1n) is 5.21. The van der Waals surface area contributed by atoms with E-state index in [4.69, 9.17) is 0 Å². The number of nitrogens with one attached hydrogen (secondary N) is 2. The number of rotatable bonds is 3. The van der Waals surface area contributed by atoms with Gasteiger partial charge in [-0.3, -0.25) is 0 Å². The molecule has 5 nitrogen and oxygen atoms in total. The molecule has 5 heteroatoms. The number of aryl methyl sites for hydroxylation is 2. The maximum Gasteiger partial charge on any atom is 0.224 e. The number of hydrogen-bond acceptors (Lipinski definition) is 4. The van der Waals surface area contributed by atoms with E-state index in [2.05, 4.69) is 39.1 Å². The van der Waals surface area contributed by atoms with Crippen molar-refractivity contribution in [3.05, 3.63) is 11.5 Å². The summed E-state index contributed by atoms with van der Waals surface area (Å²) in [4.78, 5) is 16.4. The molecule has 0 aliphatic rings. The van der Waals surface area contributed by atoms with Crippen LogP contribution in [0.25, 0.3) is 11.2 Å². The summed E-state index contributed by atoms with van der Waals surface area (Å²) in [7, 11) is 1.81. The number of H-pyrrole nitrogens is 1. The molecule has 0 amide bonds. The van der Waals surface area contributed by atoms with Gasteiger partial charge in [0.05, 0.1) is 5.69 Å². The van der Waals surface area contributed by atoms with Crippen molar-refractivity contribution < 1.29 is 0 Å². The van der Waals surface area contributed by atoms with Crippen molar-refractivity contribution in [2.75, 3.05) is 12.4 Å². The van der Waals surface area contributed by atoms with E-state index in [1.165, 1.54) is 0 Å². The van der Waals surface area contributed by atoms with Crippen LogP contribution in [0.1, 0.15) is 25.4 Å². The van der Waals surface area contributed by atoms with Crippen molar-refractivity contribution in [3.8, 4) is 0 Å². The summed E-state index contributed by atoms with van der Waals surface area (Å²) in [6, 6.07) is 0. The van der Waals surface area contributed by atoms with E-state index < -0.39 is 0 Å². The molecule has 0 unspecified atom stereocenters. The van der Waals surface area contributed by atoms with Gasteiger partial charge in [0.25, 0.3) is 0 Å². The third kappa shape index (κ3) is 1.65. The lowest BCUT2D eigenvalue weighted by Gasteiger charge is -2.01. The van der Waals surface area contributed by atoms with Gasteiger partial charge in [-0.05, 0) is 6.42 Å². The SMILES string of the molecule is CCc1nc2nc(NC)nc(CC)c2[nH]1. The van der Waals surface area contributed by atoms with Gasteiger partial charge in [-0.1, -0.05) is 13.8 Å². The van der Waals surface area contributed by atoms with Gasteiger partial charge in [-0.15, -0.1) is 0 Å². The van der Waals surface area contributed by atoms with E-state index in [0.717, 1.165) is 35.5 Å². The fourth-order valence-electron chi connectivity index (χ4n) is 1.54. The normalized spacial score (nSPS) is 10.9. The standard InChI is InChI=1S/C10H15N5/c1-4-6-8-9(14-7(5-2)13-8)15-10(11-3)12-6/h4-5H2,1-3H3,(H2,11,12,13,14,15). The molecule has 2 aromatic heterocycles. The van der Waals surface area contributed by atoms with Crippen molar-refractivity contribution >= 4 is 17.1 Å². The van der Waals surface area contributed by atoms with E-state index in [1.807, 2.05) is 7.05 Å². The van der Waals surface area contributed by atoms with Crippen molar-refractivity contribution in [1.29, 1.82) is 0 Å². The van der Waals surface area contributed by atoms with Gasteiger partial charge in [0.1, 0.15) is 11.3 Å². The van der Waals surface area contributed by atoms with Crippen LogP contribution in [0.5, 0.6) is 0 Å². The number of imidazole rings is 1. The first kappa shape index (κ1) is 9.89. The Kier molecular flexibility index (Phi) is 2.53. The van der Waals surface area contributed by atoms with Gasteiger partial charge in [-0.25, -0.2) is 9.97 Å². The van der Waals surface area contributed by atoms with Gasteiger partial charge < -0.3 is 10.3 Å². The minimum atomic E-state index is 0.633. The zero-order valence-electron chi connectivity index (χ0n) is 9.26. The van der Waals surface area contributed by atoms with Crippen LogP contribution in [-0.4, -0.2) is 27.0 Å². The smallest absolute Gasteiger partial charge is 0.224 e. The van der Waals surface area contributed by atoms with Crippen LogP contribution in [0.15, 0.2) is 0 Å². The largest absolute Gasteiger partial charge is 0.357 e. The number of aromatic nitrogens is 4. The molecule has 0 radical (unpaired) electrons. The van der Waals surface area contributed by atoms with Crippen LogP contribution in [-0.2, 0) is 12.8 Å². The molecule has 0 saturated heterocycles. The minimum Gasteiger partial charge on any atom is -0.357 e. The molecular formula is C10H15N5. The zero-order chi connectivity index (χ0) is 10.8. The maximum atomic E-state index is 4.40. The summed E-state index contributed by atoms with van der Waals surface area (Å²) in [5.74, 6) is 1.59. The Labute approximate surface area is 88.4 Å². The van der Waals surface area contributed by atoms with Crippen LogP contribution in [0.3, 0.4) is 0 Å². The summed E-state index contributed by atoms with van der Waals surface area (Å²) in [5.41, 5.74) is 2.73. The van der Waals surface area contributed by atoms with Gasteiger partial charge in [-0.2, -0.15) is 4.98 Å². The van der Waals surface area contributed by atoms with Gasteiger partial charge in [0.2, 0.25) is 5.95 Å². The van der Waals surface area contributed by atoms with E-state index >= 15 is 0 Å². The minimum absolute atomic E-state index is 0.633. The Morgan fingerprint density at radius 2 is 1.93 bits per heavy atom. The monoisotopic (exact) mass is 205 g/mol. The molecule has 2 aromatic rings. The molecule has 0 aliphatic heterocycles. The number of fused-ring (bicyclic) bond motifs is 1. The van der Waals surface area contributed by atoms with E-state index in [9.17, 15) is 0 Å². The molecular weight excluding hydrogens is 190 g/mol. The number of hydrogen-bond donors (Lipinski definition) is 2. The van der Waals surface area contributed by atoms with E-state index in [0.29, 0.717) is 5.95 Å². The number of nitrogens with zero attached hydrogens (tertiary/aromatic N) is 3. The molecule has 80 valence electrons. The first-order valence-corrected chi connectivity index (χ1v) is 5.21. The highest BCUT2D eigenvalue weighted by Gasteiger charge is 2.09. The quantitative estimate of drug-likeness (QED) is 0.797. The number of anilines is 1. The summed E-state index contributed by atoms with van der Waals surface area (Å²) < 4.78 is 0. The lowest BCUT2D eigenvalue weighted by atomic mass is 10.3.